The Hall–Kier alpha value is -0.380. The second kappa shape index (κ2) is 6.65. The van der Waals surface area contributed by atoms with Gasteiger partial charge in [0.2, 0.25) is 0 Å². The Morgan fingerprint density at radius 2 is 1.88 bits per heavy atom. The molecular weight excluding hydrogens is 312 g/mol. The molecule has 3 heteroatoms. The lowest BCUT2D eigenvalue weighted by molar-refractivity contribution is -0.316. The van der Waals surface area contributed by atoms with Crippen molar-refractivity contribution in [1.29, 1.82) is 0 Å². The zero-order chi connectivity index (χ0) is 17.7. The molecule has 1 saturated heterocycles. The molecule has 1 heterocycles. The van der Waals surface area contributed by atoms with Crippen LogP contribution in [0.3, 0.4) is 0 Å². The van der Waals surface area contributed by atoms with Gasteiger partial charge in [-0.25, -0.2) is 0 Å². The van der Waals surface area contributed by atoms with Gasteiger partial charge in [-0.3, -0.25) is 0 Å². The minimum atomic E-state index is 0.0539. The maximum absolute atomic E-state index is 6.62. The number of hydrogen-bond acceptors (Lipinski definition) is 3. The third kappa shape index (κ3) is 2.82. The van der Waals surface area contributed by atoms with Crippen LogP contribution in [0.4, 0.5) is 0 Å². The Balaban J connectivity index is 1.55. The predicted molar refractivity (Wildman–Crippen MR) is 99.2 cm³/mol. The van der Waals surface area contributed by atoms with E-state index in [4.69, 9.17) is 14.2 Å². The summed E-state index contributed by atoms with van der Waals surface area (Å²) >= 11 is 0. The Morgan fingerprint density at radius 3 is 2.60 bits per heavy atom. The molecule has 0 N–H and O–H groups in total. The fourth-order valence-corrected chi connectivity index (χ4v) is 6.80. The fourth-order valence-electron chi connectivity index (χ4n) is 6.80. The maximum atomic E-state index is 6.62. The molecule has 142 valence electrons. The standard InChI is InChI=1S/C22H36O3/c1-15-9-10-18-21(2,17(15)13-23-4)12-11-19-22(18,3)14-24-20(25-19)16-7-5-6-8-16/h16-20H,1,5-14H2,2-4H3/t17-,18?,19-,20-,21+,22+/m1/s1. The van der Waals surface area contributed by atoms with E-state index < -0.39 is 0 Å². The first-order chi connectivity index (χ1) is 12.0. The lowest BCUT2D eigenvalue weighted by atomic mass is 9.46. The van der Waals surface area contributed by atoms with Crippen LogP contribution >= 0.6 is 0 Å². The predicted octanol–water partition coefficient (Wildman–Crippen LogP) is 4.95. The lowest BCUT2D eigenvalue weighted by Crippen LogP contribution is -2.62. The van der Waals surface area contributed by atoms with E-state index in [9.17, 15) is 0 Å². The van der Waals surface area contributed by atoms with Crippen molar-refractivity contribution in [3.05, 3.63) is 12.2 Å². The van der Waals surface area contributed by atoms with Gasteiger partial charge < -0.3 is 14.2 Å². The number of hydrogen-bond donors (Lipinski definition) is 0. The highest BCUT2D eigenvalue weighted by molar-refractivity contribution is 5.18. The van der Waals surface area contributed by atoms with Gasteiger partial charge in [-0.15, -0.1) is 0 Å². The van der Waals surface area contributed by atoms with Crippen molar-refractivity contribution in [2.75, 3.05) is 20.3 Å². The first-order valence-electron chi connectivity index (χ1n) is 10.4. The van der Waals surface area contributed by atoms with E-state index in [1.165, 1.54) is 44.1 Å². The van der Waals surface area contributed by atoms with Crippen LogP contribution in [0.25, 0.3) is 0 Å². The quantitative estimate of drug-likeness (QED) is 0.675. The van der Waals surface area contributed by atoms with Gasteiger partial charge in [0.05, 0.1) is 19.3 Å². The molecule has 4 aliphatic rings. The van der Waals surface area contributed by atoms with Crippen LogP contribution in [0, 0.1) is 28.6 Å². The van der Waals surface area contributed by atoms with Crippen LogP contribution in [0.5, 0.6) is 0 Å². The van der Waals surface area contributed by atoms with Crippen LogP contribution in [0.1, 0.15) is 65.2 Å². The summed E-state index contributed by atoms with van der Waals surface area (Å²) in [5, 5.41) is 0. The number of fused-ring (bicyclic) bond motifs is 3. The summed E-state index contributed by atoms with van der Waals surface area (Å²) in [6.45, 7) is 11.0. The summed E-state index contributed by atoms with van der Waals surface area (Å²) in [5.74, 6) is 1.74. The minimum Gasteiger partial charge on any atom is -0.384 e. The van der Waals surface area contributed by atoms with E-state index >= 15 is 0 Å². The summed E-state index contributed by atoms with van der Waals surface area (Å²) in [5.41, 5.74) is 1.79. The van der Waals surface area contributed by atoms with Crippen LogP contribution in [0.2, 0.25) is 0 Å². The van der Waals surface area contributed by atoms with Crippen LogP contribution < -0.4 is 0 Å². The molecule has 3 saturated carbocycles. The van der Waals surface area contributed by atoms with Crippen molar-refractivity contribution in [3.8, 4) is 0 Å². The van der Waals surface area contributed by atoms with Crippen molar-refractivity contribution in [2.45, 2.75) is 77.6 Å². The molecule has 3 aliphatic carbocycles. The maximum Gasteiger partial charge on any atom is 0.160 e. The van der Waals surface area contributed by atoms with E-state index in [1.54, 1.807) is 0 Å². The molecule has 0 aromatic carbocycles. The Morgan fingerprint density at radius 1 is 1.12 bits per heavy atom. The summed E-state index contributed by atoms with van der Waals surface area (Å²) in [6.07, 6.45) is 10.4. The second-order valence-electron chi connectivity index (χ2n) is 9.66. The minimum absolute atomic E-state index is 0.0539. The van der Waals surface area contributed by atoms with Crippen LogP contribution in [0.15, 0.2) is 12.2 Å². The molecule has 0 radical (unpaired) electrons. The van der Waals surface area contributed by atoms with E-state index in [1.807, 2.05) is 7.11 Å². The molecule has 0 aromatic rings. The largest absolute Gasteiger partial charge is 0.384 e. The third-order valence-electron chi connectivity index (χ3n) is 8.29. The molecule has 25 heavy (non-hydrogen) atoms. The van der Waals surface area contributed by atoms with Crippen molar-refractivity contribution < 1.29 is 14.2 Å². The van der Waals surface area contributed by atoms with Gasteiger partial charge in [0.15, 0.2) is 6.29 Å². The zero-order valence-corrected chi connectivity index (χ0v) is 16.4. The monoisotopic (exact) mass is 348 g/mol. The SMILES string of the molecule is C=C1CCC2[C@]3(C)CO[C@@H](C4CCCC4)O[C@@H]3CC[C@@]2(C)[C@@H]1COC. The summed E-state index contributed by atoms with van der Waals surface area (Å²) in [6, 6.07) is 0. The Labute approximate surface area is 153 Å². The van der Waals surface area contributed by atoms with E-state index in [0.717, 1.165) is 26.1 Å². The number of rotatable bonds is 3. The van der Waals surface area contributed by atoms with E-state index in [2.05, 4.69) is 20.4 Å². The summed E-state index contributed by atoms with van der Waals surface area (Å²) < 4.78 is 18.6. The Kier molecular flexibility index (Phi) is 4.79. The summed E-state index contributed by atoms with van der Waals surface area (Å²) in [7, 11) is 1.83. The van der Waals surface area contributed by atoms with Crippen molar-refractivity contribution in [2.24, 2.45) is 28.6 Å². The fraction of sp³-hybridized carbons (Fsp3) is 0.909. The zero-order valence-electron chi connectivity index (χ0n) is 16.4. The van der Waals surface area contributed by atoms with Crippen molar-refractivity contribution in [3.63, 3.8) is 0 Å². The Bertz CT molecular complexity index is 511. The summed E-state index contributed by atoms with van der Waals surface area (Å²) in [4.78, 5) is 0. The van der Waals surface area contributed by atoms with Gasteiger partial charge in [-0.05, 0) is 49.9 Å². The molecule has 1 aliphatic heterocycles. The van der Waals surface area contributed by atoms with E-state index in [0.29, 0.717) is 23.9 Å². The first kappa shape index (κ1) is 18.0. The van der Waals surface area contributed by atoms with Crippen molar-refractivity contribution in [1.82, 2.24) is 0 Å². The van der Waals surface area contributed by atoms with Gasteiger partial charge in [0.25, 0.3) is 0 Å². The van der Waals surface area contributed by atoms with Gasteiger partial charge in [-0.1, -0.05) is 38.8 Å². The number of ether oxygens (including phenoxy) is 3. The van der Waals surface area contributed by atoms with Crippen LogP contribution in [-0.2, 0) is 14.2 Å². The second-order valence-corrected chi connectivity index (χ2v) is 9.66. The highest BCUT2D eigenvalue weighted by atomic mass is 16.7. The van der Waals surface area contributed by atoms with Gasteiger partial charge in [-0.2, -0.15) is 0 Å². The molecule has 0 amide bonds. The third-order valence-corrected chi connectivity index (χ3v) is 8.29. The molecule has 1 unspecified atom stereocenters. The molecule has 4 rings (SSSR count). The average molecular weight is 349 g/mol. The molecular formula is C22H36O3. The average Bonchev–Trinajstić information content (AvgIpc) is 3.12. The normalized spacial score (nSPS) is 48.2. The molecule has 3 nitrogen and oxygen atoms in total. The highest BCUT2D eigenvalue weighted by Crippen LogP contribution is 2.62. The molecule has 4 fully saturated rings. The van der Waals surface area contributed by atoms with Gasteiger partial charge in [0, 0.05) is 24.4 Å². The smallest absolute Gasteiger partial charge is 0.160 e. The van der Waals surface area contributed by atoms with E-state index in [-0.39, 0.29) is 17.1 Å². The first-order valence-corrected chi connectivity index (χ1v) is 10.4. The lowest BCUT2D eigenvalue weighted by Gasteiger charge is -2.62. The number of methoxy groups -OCH3 is 1. The molecule has 6 atom stereocenters. The van der Waals surface area contributed by atoms with Gasteiger partial charge >= 0.3 is 0 Å². The van der Waals surface area contributed by atoms with Crippen LogP contribution in [-0.4, -0.2) is 32.7 Å². The topological polar surface area (TPSA) is 27.7 Å². The molecule has 0 aromatic heterocycles. The molecule has 0 bridgehead atoms. The highest BCUT2D eigenvalue weighted by Gasteiger charge is 2.60. The van der Waals surface area contributed by atoms with Gasteiger partial charge in [0.1, 0.15) is 0 Å². The van der Waals surface area contributed by atoms with Crippen molar-refractivity contribution >= 4 is 0 Å². The molecule has 0 spiro atoms.